The number of piperidine rings is 1. The first kappa shape index (κ1) is 10.9. The third-order valence-electron chi connectivity index (χ3n) is 2.86. The van der Waals surface area contributed by atoms with E-state index in [0.717, 1.165) is 24.3 Å². The molecule has 0 radical (unpaired) electrons. The standard InChI is InChI=1S/C12H15BrFN/c13-9-10-4-5-12(11(14)8-10)15-6-2-1-3-7-15/h4-5,8H,1-3,6-7,9H2. The van der Waals surface area contributed by atoms with Crippen LogP contribution in [0.15, 0.2) is 18.2 Å². The van der Waals surface area contributed by atoms with Crippen LogP contribution in [0, 0.1) is 5.82 Å². The number of nitrogens with zero attached hydrogens (tertiary/aromatic N) is 1. The number of hydrogen-bond donors (Lipinski definition) is 0. The van der Waals surface area contributed by atoms with Gasteiger partial charge in [0.2, 0.25) is 0 Å². The lowest BCUT2D eigenvalue weighted by Crippen LogP contribution is -2.30. The lowest BCUT2D eigenvalue weighted by atomic mass is 10.1. The van der Waals surface area contributed by atoms with Crippen LogP contribution in [-0.2, 0) is 5.33 Å². The van der Waals surface area contributed by atoms with Gasteiger partial charge in [0.15, 0.2) is 0 Å². The van der Waals surface area contributed by atoms with Gasteiger partial charge in [-0.15, -0.1) is 0 Å². The van der Waals surface area contributed by atoms with E-state index < -0.39 is 0 Å². The first-order valence-electron chi connectivity index (χ1n) is 5.40. The zero-order chi connectivity index (χ0) is 10.7. The maximum Gasteiger partial charge on any atom is 0.146 e. The summed E-state index contributed by atoms with van der Waals surface area (Å²) in [6, 6.07) is 5.51. The van der Waals surface area contributed by atoms with Crippen LogP contribution in [0.25, 0.3) is 0 Å². The second-order valence-corrected chi connectivity index (χ2v) is 4.53. The minimum Gasteiger partial charge on any atom is -0.369 e. The van der Waals surface area contributed by atoms with Crippen molar-refractivity contribution in [2.24, 2.45) is 0 Å². The smallest absolute Gasteiger partial charge is 0.146 e. The first-order chi connectivity index (χ1) is 7.31. The molecule has 1 fully saturated rings. The van der Waals surface area contributed by atoms with Crippen molar-refractivity contribution in [2.75, 3.05) is 18.0 Å². The molecule has 1 aromatic rings. The minimum absolute atomic E-state index is 0.0890. The Morgan fingerprint density at radius 3 is 2.53 bits per heavy atom. The average Bonchev–Trinajstić information content (AvgIpc) is 2.30. The third-order valence-corrected chi connectivity index (χ3v) is 3.51. The summed E-state index contributed by atoms with van der Waals surface area (Å²) in [6.45, 7) is 1.98. The molecule has 0 unspecified atom stereocenters. The van der Waals surface area contributed by atoms with Crippen molar-refractivity contribution in [3.8, 4) is 0 Å². The van der Waals surface area contributed by atoms with Crippen molar-refractivity contribution in [3.05, 3.63) is 29.6 Å². The van der Waals surface area contributed by atoms with Crippen molar-refractivity contribution in [1.29, 1.82) is 0 Å². The van der Waals surface area contributed by atoms with E-state index in [1.54, 1.807) is 6.07 Å². The Hall–Kier alpha value is -0.570. The first-order valence-corrected chi connectivity index (χ1v) is 6.53. The van der Waals surface area contributed by atoms with Crippen LogP contribution in [0.3, 0.4) is 0 Å². The van der Waals surface area contributed by atoms with Crippen molar-refractivity contribution in [1.82, 2.24) is 0 Å². The molecule has 3 heteroatoms. The number of benzene rings is 1. The highest BCUT2D eigenvalue weighted by Gasteiger charge is 2.14. The number of hydrogen-bond acceptors (Lipinski definition) is 1. The van der Waals surface area contributed by atoms with Crippen LogP contribution in [0.1, 0.15) is 24.8 Å². The Labute approximate surface area is 98.4 Å². The Bertz CT molecular complexity index is 334. The monoisotopic (exact) mass is 271 g/mol. The lowest BCUT2D eigenvalue weighted by Gasteiger charge is -2.29. The highest BCUT2D eigenvalue weighted by molar-refractivity contribution is 9.08. The van der Waals surface area contributed by atoms with E-state index in [0.29, 0.717) is 5.33 Å². The molecule has 82 valence electrons. The van der Waals surface area contributed by atoms with E-state index in [-0.39, 0.29) is 5.82 Å². The Balaban J connectivity index is 2.19. The highest BCUT2D eigenvalue weighted by atomic mass is 79.9. The van der Waals surface area contributed by atoms with Crippen LogP contribution in [0.4, 0.5) is 10.1 Å². The topological polar surface area (TPSA) is 3.24 Å². The SMILES string of the molecule is Fc1cc(CBr)ccc1N1CCCCC1. The van der Waals surface area contributed by atoms with Crippen molar-refractivity contribution >= 4 is 21.6 Å². The van der Waals surface area contributed by atoms with Crippen molar-refractivity contribution in [2.45, 2.75) is 24.6 Å². The second kappa shape index (κ2) is 4.97. The molecule has 1 saturated heterocycles. The van der Waals surface area contributed by atoms with Gasteiger partial charge in [-0.3, -0.25) is 0 Å². The zero-order valence-corrected chi connectivity index (χ0v) is 10.3. The fourth-order valence-electron chi connectivity index (χ4n) is 2.02. The van der Waals surface area contributed by atoms with Crippen molar-refractivity contribution in [3.63, 3.8) is 0 Å². The van der Waals surface area contributed by atoms with E-state index in [9.17, 15) is 4.39 Å². The molecule has 0 amide bonds. The third kappa shape index (κ3) is 2.51. The molecule has 15 heavy (non-hydrogen) atoms. The molecular weight excluding hydrogens is 257 g/mol. The number of anilines is 1. The molecule has 1 nitrogen and oxygen atoms in total. The summed E-state index contributed by atoms with van der Waals surface area (Å²) in [4.78, 5) is 2.15. The summed E-state index contributed by atoms with van der Waals surface area (Å²) in [6.07, 6.45) is 3.64. The molecule has 0 N–H and O–H groups in total. The molecule has 1 heterocycles. The van der Waals surface area contributed by atoms with Crippen molar-refractivity contribution < 1.29 is 4.39 Å². The van der Waals surface area contributed by atoms with Crippen LogP contribution in [-0.4, -0.2) is 13.1 Å². The van der Waals surface area contributed by atoms with Gasteiger partial charge in [-0.25, -0.2) is 4.39 Å². The van der Waals surface area contributed by atoms with E-state index in [1.807, 2.05) is 12.1 Å². The molecular formula is C12H15BrFN. The maximum atomic E-state index is 13.8. The molecule has 0 aliphatic carbocycles. The molecule has 1 aliphatic heterocycles. The fourth-order valence-corrected chi connectivity index (χ4v) is 2.37. The van der Waals surface area contributed by atoms with Gasteiger partial charge in [-0.05, 0) is 37.0 Å². The van der Waals surface area contributed by atoms with Crippen LogP contribution < -0.4 is 4.90 Å². The molecule has 0 bridgehead atoms. The summed E-state index contributed by atoms with van der Waals surface area (Å²) in [5.74, 6) is -0.0890. The van der Waals surface area contributed by atoms with Gasteiger partial charge in [0, 0.05) is 18.4 Å². The van der Waals surface area contributed by atoms with E-state index in [2.05, 4.69) is 20.8 Å². The molecule has 2 rings (SSSR count). The van der Waals surface area contributed by atoms with Gasteiger partial charge < -0.3 is 4.90 Å². The predicted octanol–water partition coefficient (Wildman–Crippen LogP) is 3.71. The molecule has 1 aromatic carbocycles. The fraction of sp³-hybridized carbons (Fsp3) is 0.500. The second-order valence-electron chi connectivity index (χ2n) is 3.97. The van der Waals surface area contributed by atoms with Gasteiger partial charge in [0.05, 0.1) is 5.69 Å². The largest absolute Gasteiger partial charge is 0.369 e. The molecule has 1 aliphatic rings. The van der Waals surface area contributed by atoms with Gasteiger partial charge in [0.1, 0.15) is 5.82 Å². The summed E-state index contributed by atoms with van der Waals surface area (Å²) in [7, 11) is 0. The molecule has 0 atom stereocenters. The summed E-state index contributed by atoms with van der Waals surface area (Å²) in [5, 5.41) is 0.712. The number of alkyl halides is 1. The number of halogens is 2. The minimum atomic E-state index is -0.0890. The summed E-state index contributed by atoms with van der Waals surface area (Å²) in [5.41, 5.74) is 1.76. The van der Waals surface area contributed by atoms with Crippen LogP contribution in [0.2, 0.25) is 0 Å². The van der Waals surface area contributed by atoms with Crippen LogP contribution in [0.5, 0.6) is 0 Å². The Morgan fingerprint density at radius 2 is 1.93 bits per heavy atom. The molecule has 0 spiro atoms. The normalized spacial score (nSPS) is 16.8. The Kier molecular flexibility index (Phi) is 3.62. The predicted molar refractivity (Wildman–Crippen MR) is 65.1 cm³/mol. The quantitative estimate of drug-likeness (QED) is 0.742. The summed E-state index contributed by atoms with van der Waals surface area (Å²) >= 11 is 3.33. The van der Waals surface area contributed by atoms with Gasteiger partial charge in [-0.2, -0.15) is 0 Å². The van der Waals surface area contributed by atoms with E-state index in [1.165, 1.54) is 19.3 Å². The molecule has 0 saturated carbocycles. The van der Waals surface area contributed by atoms with Gasteiger partial charge in [0.25, 0.3) is 0 Å². The van der Waals surface area contributed by atoms with Gasteiger partial charge >= 0.3 is 0 Å². The van der Waals surface area contributed by atoms with E-state index >= 15 is 0 Å². The van der Waals surface area contributed by atoms with Gasteiger partial charge in [-0.1, -0.05) is 22.0 Å². The highest BCUT2D eigenvalue weighted by Crippen LogP contribution is 2.24. The summed E-state index contributed by atoms with van der Waals surface area (Å²) < 4.78 is 13.8. The lowest BCUT2D eigenvalue weighted by molar-refractivity contribution is 0.556. The van der Waals surface area contributed by atoms with E-state index in [4.69, 9.17) is 0 Å². The maximum absolute atomic E-state index is 13.8. The Morgan fingerprint density at radius 1 is 1.20 bits per heavy atom. The number of rotatable bonds is 2. The molecule has 0 aromatic heterocycles. The van der Waals surface area contributed by atoms with Crippen LogP contribution >= 0.6 is 15.9 Å². The average molecular weight is 272 g/mol. The zero-order valence-electron chi connectivity index (χ0n) is 8.68.